The van der Waals surface area contributed by atoms with Crippen LogP contribution in [0.2, 0.25) is 0 Å². The van der Waals surface area contributed by atoms with Crippen molar-refractivity contribution in [2.45, 2.75) is 0 Å². The highest BCUT2D eigenvalue weighted by molar-refractivity contribution is 9.10. The van der Waals surface area contributed by atoms with Gasteiger partial charge in [-0.2, -0.15) is 0 Å². The summed E-state index contributed by atoms with van der Waals surface area (Å²) in [4.78, 5) is 19.6. The zero-order valence-electron chi connectivity index (χ0n) is 11.9. The zero-order valence-corrected chi connectivity index (χ0v) is 13.5. The molecule has 23 heavy (non-hydrogen) atoms. The molecule has 0 spiro atoms. The Hall–Kier alpha value is -2.66. The van der Waals surface area contributed by atoms with Crippen LogP contribution >= 0.6 is 15.9 Å². The van der Waals surface area contributed by atoms with Gasteiger partial charge in [0.2, 0.25) is 0 Å². The second-order valence-electron chi connectivity index (χ2n) is 5.26. The number of para-hydroxylation sites is 1. The van der Waals surface area contributed by atoms with Gasteiger partial charge in [-0.1, -0.05) is 40.2 Å². The first-order valence-corrected chi connectivity index (χ1v) is 7.83. The normalized spacial score (nSPS) is 11.2. The van der Waals surface area contributed by atoms with Crippen molar-refractivity contribution in [3.63, 3.8) is 0 Å². The first-order chi connectivity index (χ1) is 11.1. The number of fused-ring (bicyclic) bond motifs is 2. The Kier molecular flexibility index (Phi) is 3.16. The third-order valence-electron chi connectivity index (χ3n) is 3.81. The second kappa shape index (κ2) is 5.21. The molecule has 4 aromatic rings. The summed E-state index contributed by atoms with van der Waals surface area (Å²) in [5.41, 5.74) is 0.900. The van der Waals surface area contributed by atoms with E-state index in [0.717, 1.165) is 15.2 Å². The molecule has 0 unspecified atom stereocenters. The van der Waals surface area contributed by atoms with Gasteiger partial charge in [-0.25, -0.2) is 4.98 Å². The van der Waals surface area contributed by atoms with Gasteiger partial charge in [0.25, 0.3) is 5.56 Å². The summed E-state index contributed by atoms with van der Waals surface area (Å²) in [5, 5.41) is 12.6. The molecule has 5 heteroatoms. The van der Waals surface area contributed by atoms with E-state index in [-0.39, 0.29) is 11.3 Å². The van der Waals surface area contributed by atoms with Crippen LogP contribution in [0.3, 0.4) is 0 Å². The van der Waals surface area contributed by atoms with Crippen molar-refractivity contribution in [2.75, 3.05) is 0 Å². The fourth-order valence-electron chi connectivity index (χ4n) is 2.74. The molecule has 0 amide bonds. The maximum Gasteiger partial charge on any atom is 0.259 e. The second-order valence-corrected chi connectivity index (χ2v) is 6.17. The highest BCUT2D eigenvalue weighted by Gasteiger charge is 2.13. The maximum atomic E-state index is 12.3. The van der Waals surface area contributed by atoms with E-state index >= 15 is 0 Å². The van der Waals surface area contributed by atoms with Crippen molar-refractivity contribution in [3.05, 3.63) is 69.4 Å². The first kappa shape index (κ1) is 14.0. The van der Waals surface area contributed by atoms with Crippen LogP contribution < -0.4 is 5.56 Å². The Bertz CT molecular complexity index is 1120. The minimum absolute atomic E-state index is 0.0817. The molecule has 0 bridgehead atoms. The Labute approximate surface area is 139 Å². The van der Waals surface area contributed by atoms with Crippen LogP contribution in [0.25, 0.3) is 33.1 Å². The third kappa shape index (κ3) is 2.29. The lowest BCUT2D eigenvalue weighted by Gasteiger charge is -2.09. The van der Waals surface area contributed by atoms with Crippen LogP contribution in [0.1, 0.15) is 0 Å². The van der Waals surface area contributed by atoms with Gasteiger partial charge in [0.15, 0.2) is 0 Å². The van der Waals surface area contributed by atoms with Crippen LogP contribution in [-0.2, 0) is 0 Å². The average Bonchev–Trinajstić information content (AvgIpc) is 2.55. The predicted octanol–water partition coefficient (Wildman–Crippen LogP) is 4.21. The van der Waals surface area contributed by atoms with Gasteiger partial charge in [0.05, 0.1) is 16.5 Å². The minimum Gasteiger partial charge on any atom is -0.507 e. The Balaban J connectivity index is 2.10. The molecule has 4 rings (SSSR count). The quantitative estimate of drug-likeness (QED) is 0.530. The molecule has 0 aliphatic heterocycles. The highest BCUT2D eigenvalue weighted by atomic mass is 79.9. The number of nitrogens with one attached hydrogen (secondary N) is 1. The number of halogens is 1. The molecule has 0 saturated carbocycles. The maximum absolute atomic E-state index is 12.3. The Morgan fingerprint density at radius 1 is 1.00 bits per heavy atom. The van der Waals surface area contributed by atoms with E-state index in [1.54, 1.807) is 24.3 Å². The molecular weight excluding hydrogens is 356 g/mol. The van der Waals surface area contributed by atoms with Crippen LogP contribution in [-0.4, -0.2) is 15.1 Å². The molecule has 0 atom stereocenters. The van der Waals surface area contributed by atoms with Crippen molar-refractivity contribution >= 4 is 37.6 Å². The summed E-state index contributed by atoms with van der Waals surface area (Å²) in [5.74, 6) is 0.442. The molecule has 1 aromatic heterocycles. The Morgan fingerprint density at radius 3 is 2.70 bits per heavy atom. The monoisotopic (exact) mass is 366 g/mol. The van der Waals surface area contributed by atoms with Crippen LogP contribution in [0.5, 0.6) is 5.75 Å². The molecular formula is C18H11BrN2O2. The lowest BCUT2D eigenvalue weighted by Crippen LogP contribution is -2.09. The summed E-state index contributed by atoms with van der Waals surface area (Å²) in [7, 11) is 0. The van der Waals surface area contributed by atoms with Gasteiger partial charge in [0.1, 0.15) is 11.6 Å². The number of H-pyrrole nitrogens is 1. The third-order valence-corrected chi connectivity index (χ3v) is 4.30. The number of rotatable bonds is 1. The molecule has 1 heterocycles. The molecule has 3 aromatic carbocycles. The molecule has 4 nitrogen and oxygen atoms in total. The van der Waals surface area contributed by atoms with Gasteiger partial charge >= 0.3 is 0 Å². The van der Waals surface area contributed by atoms with Gasteiger partial charge in [-0.05, 0) is 41.1 Å². The minimum atomic E-state index is -0.223. The van der Waals surface area contributed by atoms with Gasteiger partial charge in [0, 0.05) is 4.47 Å². The molecule has 0 fully saturated rings. The van der Waals surface area contributed by atoms with E-state index in [4.69, 9.17) is 0 Å². The number of phenols is 1. The van der Waals surface area contributed by atoms with Crippen LogP contribution in [0.4, 0.5) is 0 Å². The van der Waals surface area contributed by atoms with E-state index in [2.05, 4.69) is 25.9 Å². The Morgan fingerprint density at radius 2 is 1.83 bits per heavy atom. The van der Waals surface area contributed by atoms with Crippen molar-refractivity contribution in [1.82, 2.24) is 9.97 Å². The number of aromatic nitrogens is 2. The fourth-order valence-corrected chi connectivity index (χ4v) is 3.12. The van der Waals surface area contributed by atoms with Crippen LogP contribution in [0, 0.1) is 0 Å². The van der Waals surface area contributed by atoms with E-state index in [1.165, 1.54) is 0 Å². The first-order valence-electron chi connectivity index (χ1n) is 7.04. The molecule has 0 saturated heterocycles. The van der Waals surface area contributed by atoms with E-state index in [0.29, 0.717) is 22.3 Å². The van der Waals surface area contributed by atoms with Gasteiger partial charge < -0.3 is 10.1 Å². The SMILES string of the molecule is O=c1[nH]c(-c2c(O)ccc3cc(Br)ccc23)nc2ccccc12. The van der Waals surface area contributed by atoms with Crippen molar-refractivity contribution in [3.8, 4) is 17.1 Å². The van der Waals surface area contributed by atoms with Crippen LogP contribution in [0.15, 0.2) is 63.9 Å². The van der Waals surface area contributed by atoms with E-state index in [1.807, 2.05) is 30.3 Å². The summed E-state index contributed by atoms with van der Waals surface area (Å²) < 4.78 is 0.946. The molecule has 112 valence electrons. The zero-order chi connectivity index (χ0) is 16.0. The number of phenolic OH excluding ortho intramolecular Hbond substituents is 1. The lowest BCUT2D eigenvalue weighted by molar-refractivity contribution is 0.477. The van der Waals surface area contributed by atoms with Gasteiger partial charge in [-0.3, -0.25) is 4.79 Å². The number of aromatic amines is 1. The van der Waals surface area contributed by atoms with E-state index in [9.17, 15) is 9.90 Å². The largest absolute Gasteiger partial charge is 0.507 e. The standard InChI is InChI=1S/C18H11BrN2O2/c19-11-6-7-12-10(9-11)5-8-15(22)16(12)17-20-14-4-2-1-3-13(14)18(23)21-17/h1-9,22H,(H,20,21,23). The summed E-state index contributed by atoms with van der Waals surface area (Å²) in [6.45, 7) is 0. The molecule has 0 aliphatic rings. The number of hydrogen-bond acceptors (Lipinski definition) is 3. The molecule has 2 N–H and O–H groups in total. The highest BCUT2D eigenvalue weighted by Crippen LogP contribution is 2.35. The summed E-state index contributed by atoms with van der Waals surface area (Å²) in [6.07, 6.45) is 0. The topological polar surface area (TPSA) is 66.0 Å². The average molecular weight is 367 g/mol. The molecule has 0 aliphatic carbocycles. The van der Waals surface area contributed by atoms with E-state index < -0.39 is 0 Å². The summed E-state index contributed by atoms with van der Waals surface area (Å²) >= 11 is 3.44. The molecule has 0 radical (unpaired) electrons. The lowest BCUT2D eigenvalue weighted by atomic mass is 10.0. The van der Waals surface area contributed by atoms with Crippen molar-refractivity contribution in [2.24, 2.45) is 0 Å². The number of nitrogens with zero attached hydrogens (tertiary/aromatic N) is 1. The van der Waals surface area contributed by atoms with Gasteiger partial charge in [-0.15, -0.1) is 0 Å². The number of hydrogen-bond donors (Lipinski definition) is 2. The van der Waals surface area contributed by atoms with Crippen molar-refractivity contribution < 1.29 is 5.11 Å². The summed E-state index contributed by atoms with van der Waals surface area (Å²) in [6, 6.07) is 16.3. The smallest absolute Gasteiger partial charge is 0.259 e. The fraction of sp³-hybridized carbons (Fsp3) is 0. The predicted molar refractivity (Wildman–Crippen MR) is 94.7 cm³/mol. The van der Waals surface area contributed by atoms with Crippen molar-refractivity contribution in [1.29, 1.82) is 0 Å². The number of aromatic hydroxyl groups is 1. The number of benzene rings is 3.